The maximum Gasteiger partial charge on any atom is 0.253 e. The van der Waals surface area contributed by atoms with E-state index in [9.17, 15) is 18.5 Å². The lowest BCUT2D eigenvalue weighted by atomic mass is 9.58. The summed E-state index contributed by atoms with van der Waals surface area (Å²) < 4.78 is 26.7. The van der Waals surface area contributed by atoms with Crippen molar-refractivity contribution in [3.63, 3.8) is 0 Å². The standard InChI is InChI=1S/C19H25N3O3S/c1-2-13-26(24,25)22-16-6-4-3-5-15(16)17(23)21-19-10-7-18(14-20,8-11-19)9-12-19/h3-6,22H,2,7-13H2,1H3,(H,21,23). The molecule has 26 heavy (non-hydrogen) atoms. The number of anilines is 1. The summed E-state index contributed by atoms with van der Waals surface area (Å²) in [6.07, 6.45) is 5.35. The average molecular weight is 375 g/mol. The van der Waals surface area contributed by atoms with Gasteiger partial charge < -0.3 is 5.32 Å². The Hall–Kier alpha value is -2.07. The molecule has 3 aliphatic carbocycles. The number of sulfonamides is 1. The van der Waals surface area contributed by atoms with E-state index in [1.165, 1.54) is 0 Å². The highest BCUT2D eigenvalue weighted by Gasteiger charge is 2.49. The number of amides is 1. The van der Waals surface area contributed by atoms with Crippen molar-refractivity contribution in [1.82, 2.24) is 5.32 Å². The molecule has 0 saturated heterocycles. The lowest BCUT2D eigenvalue weighted by Crippen LogP contribution is -2.56. The molecule has 0 heterocycles. The molecule has 0 aliphatic heterocycles. The molecule has 3 aliphatic rings. The van der Waals surface area contributed by atoms with Gasteiger partial charge in [-0.1, -0.05) is 19.1 Å². The summed E-state index contributed by atoms with van der Waals surface area (Å²) in [5, 5.41) is 12.5. The summed E-state index contributed by atoms with van der Waals surface area (Å²) in [5.41, 5.74) is 0.169. The van der Waals surface area contributed by atoms with Crippen LogP contribution in [0.5, 0.6) is 0 Å². The van der Waals surface area contributed by atoms with E-state index in [0.717, 1.165) is 38.5 Å². The van der Waals surface area contributed by atoms with Crippen LogP contribution in [0.1, 0.15) is 62.2 Å². The van der Waals surface area contributed by atoms with Gasteiger partial charge >= 0.3 is 0 Å². The number of nitriles is 1. The van der Waals surface area contributed by atoms with E-state index in [1.807, 2.05) is 0 Å². The number of nitrogens with one attached hydrogen (secondary N) is 2. The highest BCUT2D eigenvalue weighted by Crippen LogP contribution is 2.52. The van der Waals surface area contributed by atoms with Gasteiger partial charge in [-0.25, -0.2) is 8.42 Å². The van der Waals surface area contributed by atoms with Crippen molar-refractivity contribution in [2.75, 3.05) is 10.5 Å². The van der Waals surface area contributed by atoms with Gasteiger partial charge in [-0.3, -0.25) is 9.52 Å². The van der Waals surface area contributed by atoms with Crippen molar-refractivity contribution >= 4 is 21.6 Å². The largest absolute Gasteiger partial charge is 0.347 e. The Balaban J connectivity index is 1.76. The van der Waals surface area contributed by atoms with Gasteiger partial charge in [0.1, 0.15) is 0 Å². The molecule has 140 valence electrons. The first-order chi connectivity index (χ1) is 12.3. The predicted molar refractivity (Wildman–Crippen MR) is 100 cm³/mol. The van der Waals surface area contributed by atoms with E-state index < -0.39 is 10.0 Å². The van der Waals surface area contributed by atoms with Crippen LogP contribution in [0.3, 0.4) is 0 Å². The zero-order chi connectivity index (χ0) is 18.8. The van der Waals surface area contributed by atoms with Crippen molar-refractivity contribution in [3.05, 3.63) is 29.8 Å². The SMILES string of the molecule is CCCS(=O)(=O)Nc1ccccc1C(=O)NC12CCC(C#N)(CC1)CC2. The second kappa shape index (κ2) is 6.92. The molecule has 1 aromatic rings. The molecule has 2 N–H and O–H groups in total. The zero-order valence-corrected chi connectivity index (χ0v) is 15.9. The third-order valence-corrected chi connectivity index (χ3v) is 7.25. The van der Waals surface area contributed by atoms with Crippen LogP contribution in [-0.4, -0.2) is 25.6 Å². The quantitative estimate of drug-likeness (QED) is 0.797. The topological polar surface area (TPSA) is 99.1 Å². The van der Waals surface area contributed by atoms with Crippen LogP contribution >= 0.6 is 0 Å². The fraction of sp³-hybridized carbons (Fsp3) is 0.579. The molecule has 7 heteroatoms. The lowest BCUT2D eigenvalue weighted by molar-refractivity contribution is 0.0522. The van der Waals surface area contributed by atoms with Crippen LogP contribution in [0.2, 0.25) is 0 Å². The highest BCUT2D eigenvalue weighted by atomic mass is 32.2. The van der Waals surface area contributed by atoms with Gasteiger partial charge in [0.25, 0.3) is 5.91 Å². The van der Waals surface area contributed by atoms with Crippen LogP contribution in [0.4, 0.5) is 5.69 Å². The summed E-state index contributed by atoms with van der Waals surface area (Å²) in [6, 6.07) is 9.16. The first-order valence-electron chi connectivity index (χ1n) is 9.16. The molecule has 0 radical (unpaired) electrons. The smallest absolute Gasteiger partial charge is 0.253 e. The normalized spacial score (nSPS) is 27.5. The molecule has 3 fully saturated rings. The van der Waals surface area contributed by atoms with E-state index in [1.54, 1.807) is 31.2 Å². The van der Waals surface area contributed by atoms with Crippen LogP contribution in [0.25, 0.3) is 0 Å². The molecular formula is C19H25N3O3S. The van der Waals surface area contributed by atoms with Crippen LogP contribution < -0.4 is 10.0 Å². The van der Waals surface area contributed by atoms with Gasteiger partial charge in [0.05, 0.1) is 28.5 Å². The number of nitrogens with zero attached hydrogens (tertiary/aromatic N) is 1. The van der Waals surface area contributed by atoms with Crippen molar-refractivity contribution in [1.29, 1.82) is 5.26 Å². The molecule has 3 saturated carbocycles. The number of benzene rings is 1. The molecular weight excluding hydrogens is 350 g/mol. The van der Waals surface area contributed by atoms with Gasteiger partial charge in [-0.15, -0.1) is 0 Å². The number of carbonyl (C=O) groups is 1. The fourth-order valence-corrected chi connectivity index (χ4v) is 5.26. The molecule has 1 aromatic carbocycles. The predicted octanol–water partition coefficient (Wildman–Crippen LogP) is 3.18. The Labute approximate surface area is 155 Å². The first kappa shape index (κ1) is 18.7. The van der Waals surface area contributed by atoms with E-state index in [2.05, 4.69) is 16.1 Å². The van der Waals surface area contributed by atoms with Crippen molar-refractivity contribution in [2.24, 2.45) is 5.41 Å². The molecule has 0 aromatic heterocycles. The number of hydrogen-bond acceptors (Lipinski definition) is 4. The minimum atomic E-state index is -3.46. The second-order valence-electron chi connectivity index (χ2n) is 7.59. The fourth-order valence-electron chi connectivity index (χ4n) is 4.11. The van der Waals surface area contributed by atoms with Gasteiger partial charge in [-0.2, -0.15) is 5.26 Å². The van der Waals surface area contributed by atoms with Gasteiger partial charge in [0, 0.05) is 5.54 Å². The van der Waals surface area contributed by atoms with Crippen molar-refractivity contribution in [3.8, 4) is 6.07 Å². The monoisotopic (exact) mass is 375 g/mol. The Kier molecular flexibility index (Phi) is 4.98. The Morgan fingerprint density at radius 2 is 1.77 bits per heavy atom. The summed E-state index contributed by atoms with van der Waals surface area (Å²) in [4.78, 5) is 12.9. The zero-order valence-electron chi connectivity index (χ0n) is 15.0. The third-order valence-electron chi connectivity index (χ3n) is 5.77. The van der Waals surface area contributed by atoms with E-state index >= 15 is 0 Å². The number of fused-ring (bicyclic) bond motifs is 3. The number of hydrogen-bond donors (Lipinski definition) is 2. The third kappa shape index (κ3) is 3.70. The van der Waals surface area contributed by atoms with E-state index in [0.29, 0.717) is 17.7 Å². The summed E-state index contributed by atoms with van der Waals surface area (Å²) in [5.74, 6) is -0.241. The average Bonchev–Trinajstić information content (AvgIpc) is 2.63. The van der Waals surface area contributed by atoms with Gasteiger partial charge in [0.2, 0.25) is 10.0 Å². The maximum atomic E-state index is 12.9. The molecule has 0 spiro atoms. The molecule has 4 rings (SSSR count). The van der Waals surface area contributed by atoms with Crippen LogP contribution in [-0.2, 0) is 10.0 Å². The summed E-state index contributed by atoms with van der Waals surface area (Å²) in [7, 11) is -3.46. The molecule has 0 unspecified atom stereocenters. The van der Waals surface area contributed by atoms with Gasteiger partial charge in [-0.05, 0) is 57.1 Å². The highest BCUT2D eigenvalue weighted by molar-refractivity contribution is 7.92. The second-order valence-corrected chi connectivity index (χ2v) is 9.43. The number of para-hydroxylation sites is 1. The maximum absolute atomic E-state index is 12.9. The first-order valence-corrected chi connectivity index (χ1v) is 10.8. The molecule has 1 amide bonds. The van der Waals surface area contributed by atoms with Crippen LogP contribution in [0.15, 0.2) is 24.3 Å². The van der Waals surface area contributed by atoms with E-state index in [-0.39, 0.29) is 22.6 Å². The van der Waals surface area contributed by atoms with E-state index in [4.69, 9.17) is 0 Å². The molecule has 6 nitrogen and oxygen atoms in total. The van der Waals surface area contributed by atoms with Crippen molar-refractivity contribution in [2.45, 2.75) is 57.4 Å². The van der Waals surface area contributed by atoms with Crippen LogP contribution in [0, 0.1) is 16.7 Å². The summed E-state index contributed by atoms with van der Waals surface area (Å²) >= 11 is 0. The Morgan fingerprint density at radius 3 is 2.35 bits per heavy atom. The lowest BCUT2D eigenvalue weighted by Gasteiger charge is -2.50. The molecule has 2 bridgehead atoms. The molecule has 0 atom stereocenters. The van der Waals surface area contributed by atoms with Gasteiger partial charge in [0.15, 0.2) is 0 Å². The minimum Gasteiger partial charge on any atom is -0.347 e. The minimum absolute atomic E-state index is 0.0170. The number of carbonyl (C=O) groups excluding carboxylic acids is 1. The number of rotatable bonds is 6. The van der Waals surface area contributed by atoms with Crippen molar-refractivity contribution < 1.29 is 13.2 Å². The Morgan fingerprint density at radius 1 is 1.15 bits per heavy atom. The summed E-state index contributed by atoms with van der Waals surface area (Å²) in [6.45, 7) is 1.80. The Bertz CT molecular complexity index is 817.